The number of amides is 2. The second-order valence-electron chi connectivity index (χ2n) is 5.08. The molecule has 0 saturated heterocycles. The molecule has 0 bridgehead atoms. The van der Waals surface area contributed by atoms with Crippen molar-refractivity contribution in [1.82, 2.24) is 19.9 Å². The lowest BCUT2D eigenvalue weighted by atomic mass is 10.2. The third-order valence-corrected chi connectivity index (χ3v) is 3.29. The van der Waals surface area contributed by atoms with E-state index in [9.17, 15) is 19.7 Å². The van der Waals surface area contributed by atoms with E-state index < -0.39 is 16.7 Å². The van der Waals surface area contributed by atoms with Gasteiger partial charge in [0.05, 0.1) is 17.3 Å². The molecule has 3 aromatic rings. The fourth-order valence-corrected chi connectivity index (χ4v) is 2.09. The number of nitro benzene ring substituents is 1. The lowest BCUT2D eigenvalue weighted by Gasteiger charge is -2.09. The summed E-state index contributed by atoms with van der Waals surface area (Å²) >= 11 is 0. The number of carbonyl (C=O) groups is 2. The Hall–Kier alpha value is -4.28. The van der Waals surface area contributed by atoms with Crippen LogP contribution in [0.15, 0.2) is 55.4 Å². The predicted molar refractivity (Wildman–Crippen MR) is 93.1 cm³/mol. The maximum absolute atomic E-state index is 12.2. The van der Waals surface area contributed by atoms with Gasteiger partial charge in [-0.25, -0.2) is 9.97 Å². The molecule has 0 spiro atoms. The van der Waals surface area contributed by atoms with E-state index in [1.807, 2.05) is 0 Å². The van der Waals surface area contributed by atoms with Crippen LogP contribution in [0.1, 0.15) is 21.0 Å². The first kappa shape index (κ1) is 17.5. The monoisotopic (exact) mass is 365 g/mol. The van der Waals surface area contributed by atoms with Gasteiger partial charge in [-0.1, -0.05) is 0 Å². The number of nitrogens with zero attached hydrogens (tertiary/aromatic N) is 5. The molecule has 11 nitrogen and oxygen atoms in total. The molecule has 0 atom stereocenters. The van der Waals surface area contributed by atoms with Gasteiger partial charge in [0.2, 0.25) is 0 Å². The minimum atomic E-state index is -0.677. The number of aromatic nitrogens is 4. The summed E-state index contributed by atoms with van der Waals surface area (Å²) in [6.45, 7) is 0. The summed E-state index contributed by atoms with van der Waals surface area (Å²) < 4.78 is 0. The fraction of sp³-hybridized carbons (Fsp3) is 0. The minimum absolute atomic E-state index is 0.0132. The van der Waals surface area contributed by atoms with Crippen LogP contribution in [0.25, 0.3) is 0 Å². The molecule has 2 aromatic heterocycles. The van der Waals surface area contributed by atoms with E-state index in [0.29, 0.717) is 0 Å². The molecule has 0 aliphatic rings. The van der Waals surface area contributed by atoms with Gasteiger partial charge in [0.15, 0.2) is 0 Å². The van der Waals surface area contributed by atoms with E-state index in [1.165, 1.54) is 55.4 Å². The third-order valence-electron chi connectivity index (χ3n) is 3.29. The number of hydrogen-bond acceptors (Lipinski definition) is 8. The molecule has 134 valence electrons. The highest BCUT2D eigenvalue weighted by atomic mass is 16.6. The molecule has 2 amide bonds. The molecule has 0 saturated carbocycles. The molecule has 11 heteroatoms. The molecule has 0 fully saturated rings. The standard InChI is InChI=1S/C16H11N7O4/c24-15(12-8-17-3-5-19-12)21-10-1-2-14(23(26)27)11(7-10)22-16(25)13-9-18-4-6-20-13/h1-9H,(H,21,24)(H,22,25). The lowest BCUT2D eigenvalue weighted by Crippen LogP contribution is -2.16. The van der Waals surface area contributed by atoms with E-state index >= 15 is 0 Å². The molecule has 0 aliphatic carbocycles. The molecule has 0 aliphatic heterocycles. The van der Waals surface area contributed by atoms with Crippen LogP contribution in [-0.2, 0) is 0 Å². The van der Waals surface area contributed by atoms with E-state index in [4.69, 9.17) is 0 Å². The maximum Gasteiger partial charge on any atom is 0.292 e. The van der Waals surface area contributed by atoms with E-state index in [0.717, 1.165) is 0 Å². The molecular weight excluding hydrogens is 354 g/mol. The van der Waals surface area contributed by atoms with Crippen LogP contribution < -0.4 is 10.6 Å². The Labute approximate surface area is 151 Å². The Morgan fingerprint density at radius 2 is 1.48 bits per heavy atom. The Morgan fingerprint density at radius 1 is 0.889 bits per heavy atom. The van der Waals surface area contributed by atoms with Crippen LogP contribution in [0, 0.1) is 10.1 Å². The minimum Gasteiger partial charge on any atom is -0.321 e. The molecule has 0 unspecified atom stereocenters. The largest absolute Gasteiger partial charge is 0.321 e. The van der Waals surface area contributed by atoms with E-state index in [2.05, 4.69) is 30.6 Å². The first-order chi connectivity index (χ1) is 13.0. The van der Waals surface area contributed by atoms with Crippen molar-refractivity contribution < 1.29 is 14.5 Å². The fourth-order valence-electron chi connectivity index (χ4n) is 2.09. The number of carbonyl (C=O) groups excluding carboxylic acids is 2. The van der Waals surface area contributed by atoms with Gasteiger partial charge in [0.25, 0.3) is 17.5 Å². The van der Waals surface area contributed by atoms with Gasteiger partial charge in [0, 0.05) is 36.5 Å². The Balaban J connectivity index is 1.85. The summed E-state index contributed by atoms with van der Waals surface area (Å²) in [5, 5.41) is 16.1. The number of anilines is 2. The Morgan fingerprint density at radius 3 is 2.00 bits per heavy atom. The highest BCUT2D eigenvalue weighted by molar-refractivity contribution is 6.06. The third kappa shape index (κ3) is 4.22. The predicted octanol–water partition coefficient (Wildman–Crippen LogP) is 1.68. The average molecular weight is 365 g/mol. The van der Waals surface area contributed by atoms with Crippen LogP contribution in [0.4, 0.5) is 17.1 Å². The number of rotatable bonds is 5. The smallest absolute Gasteiger partial charge is 0.292 e. The highest BCUT2D eigenvalue weighted by Crippen LogP contribution is 2.28. The molecule has 2 N–H and O–H groups in total. The van der Waals surface area contributed by atoms with Crippen molar-refractivity contribution in [2.24, 2.45) is 0 Å². The molecule has 27 heavy (non-hydrogen) atoms. The second-order valence-corrected chi connectivity index (χ2v) is 5.08. The summed E-state index contributed by atoms with van der Waals surface area (Å²) in [4.78, 5) is 50.2. The van der Waals surface area contributed by atoms with Crippen LogP contribution in [0.5, 0.6) is 0 Å². The van der Waals surface area contributed by atoms with Crippen LogP contribution in [0.2, 0.25) is 0 Å². The van der Waals surface area contributed by atoms with Crippen molar-refractivity contribution in [3.8, 4) is 0 Å². The summed E-state index contributed by atoms with van der Waals surface area (Å²) in [5.74, 6) is -1.23. The number of hydrogen-bond donors (Lipinski definition) is 2. The topological polar surface area (TPSA) is 153 Å². The summed E-state index contributed by atoms with van der Waals surface area (Å²) in [6.07, 6.45) is 7.99. The van der Waals surface area contributed by atoms with Crippen LogP contribution in [0.3, 0.4) is 0 Å². The summed E-state index contributed by atoms with van der Waals surface area (Å²) in [7, 11) is 0. The van der Waals surface area contributed by atoms with Crippen molar-refractivity contribution in [1.29, 1.82) is 0 Å². The van der Waals surface area contributed by atoms with Gasteiger partial charge < -0.3 is 10.6 Å². The molecule has 0 radical (unpaired) electrons. The van der Waals surface area contributed by atoms with Gasteiger partial charge in [-0.2, -0.15) is 0 Å². The quantitative estimate of drug-likeness (QED) is 0.511. The van der Waals surface area contributed by atoms with Crippen LogP contribution >= 0.6 is 0 Å². The summed E-state index contributed by atoms with van der Waals surface area (Å²) in [6, 6.07) is 3.77. The van der Waals surface area contributed by atoms with Crippen molar-refractivity contribution in [2.75, 3.05) is 10.6 Å². The van der Waals surface area contributed by atoms with Crippen LogP contribution in [-0.4, -0.2) is 36.7 Å². The van der Waals surface area contributed by atoms with E-state index in [-0.39, 0.29) is 28.5 Å². The Bertz CT molecular complexity index is 996. The van der Waals surface area contributed by atoms with Crippen molar-refractivity contribution in [2.45, 2.75) is 0 Å². The zero-order chi connectivity index (χ0) is 19.2. The maximum atomic E-state index is 12.2. The zero-order valence-electron chi connectivity index (χ0n) is 13.6. The second kappa shape index (κ2) is 7.74. The van der Waals surface area contributed by atoms with Gasteiger partial charge in [-0.05, 0) is 12.1 Å². The van der Waals surface area contributed by atoms with Gasteiger partial charge in [-0.3, -0.25) is 29.7 Å². The summed E-state index contributed by atoms with van der Waals surface area (Å²) in [5.41, 5.74) is -0.162. The first-order valence-corrected chi connectivity index (χ1v) is 7.48. The average Bonchev–Trinajstić information content (AvgIpc) is 2.69. The Kier molecular flexibility index (Phi) is 5.03. The number of benzene rings is 1. The lowest BCUT2D eigenvalue weighted by molar-refractivity contribution is -0.383. The molecule has 2 heterocycles. The molecule has 1 aromatic carbocycles. The van der Waals surface area contributed by atoms with Gasteiger partial charge in [0.1, 0.15) is 17.1 Å². The van der Waals surface area contributed by atoms with E-state index in [1.54, 1.807) is 0 Å². The zero-order valence-corrected chi connectivity index (χ0v) is 13.6. The van der Waals surface area contributed by atoms with Crippen molar-refractivity contribution in [3.05, 3.63) is 76.9 Å². The molecule has 3 rings (SSSR count). The first-order valence-electron chi connectivity index (χ1n) is 7.48. The molecular formula is C16H11N7O4. The highest BCUT2D eigenvalue weighted by Gasteiger charge is 2.19. The van der Waals surface area contributed by atoms with Gasteiger partial charge >= 0.3 is 0 Å². The number of nitrogens with one attached hydrogen (secondary N) is 2. The number of nitro groups is 1. The SMILES string of the molecule is O=C(Nc1ccc([N+](=O)[O-])c(NC(=O)c2cnccn2)c1)c1cnccn1. The van der Waals surface area contributed by atoms with Crippen molar-refractivity contribution in [3.63, 3.8) is 0 Å². The normalized spacial score (nSPS) is 10.1. The van der Waals surface area contributed by atoms with Crippen molar-refractivity contribution >= 4 is 28.9 Å². The van der Waals surface area contributed by atoms with Gasteiger partial charge in [-0.15, -0.1) is 0 Å².